The molecule has 28 heavy (non-hydrogen) atoms. The zero-order valence-corrected chi connectivity index (χ0v) is 14.7. The number of aromatic nitrogens is 4. The van der Waals surface area contributed by atoms with E-state index in [1.54, 1.807) is 0 Å². The van der Waals surface area contributed by atoms with Gasteiger partial charge >= 0.3 is 0 Å². The summed E-state index contributed by atoms with van der Waals surface area (Å²) in [5, 5.41) is 16.5. The predicted molar refractivity (Wildman–Crippen MR) is 104 cm³/mol. The Kier molecular flexibility index (Phi) is 3.99. The van der Waals surface area contributed by atoms with Crippen LogP contribution in [0.25, 0.3) is 45.8 Å². The van der Waals surface area contributed by atoms with Crippen molar-refractivity contribution in [3.63, 3.8) is 0 Å². The molecule has 6 heteroatoms. The van der Waals surface area contributed by atoms with Crippen LogP contribution in [-0.2, 0) is 0 Å². The van der Waals surface area contributed by atoms with Crippen LogP contribution in [0.2, 0.25) is 0 Å². The Morgan fingerprint density at radius 1 is 0.357 bits per heavy atom. The highest BCUT2D eigenvalue weighted by atomic mass is 16.4. The summed E-state index contributed by atoms with van der Waals surface area (Å²) < 4.78 is 11.6. The lowest BCUT2D eigenvalue weighted by atomic mass is 10.1. The molecule has 3 aromatic carbocycles. The van der Waals surface area contributed by atoms with Gasteiger partial charge in [-0.05, 0) is 48.5 Å². The molecular formula is C22H14N4O2. The van der Waals surface area contributed by atoms with Gasteiger partial charge in [-0.2, -0.15) is 0 Å². The molecule has 2 aromatic heterocycles. The Balaban J connectivity index is 1.40. The van der Waals surface area contributed by atoms with E-state index in [4.69, 9.17) is 8.83 Å². The van der Waals surface area contributed by atoms with E-state index in [-0.39, 0.29) is 0 Å². The monoisotopic (exact) mass is 366 g/mol. The molecule has 0 saturated carbocycles. The smallest absolute Gasteiger partial charge is 0.248 e. The van der Waals surface area contributed by atoms with Crippen molar-refractivity contribution in [2.75, 3.05) is 0 Å². The lowest BCUT2D eigenvalue weighted by Gasteiger charge is -1.98. The van der Waals surface area contributed by atoms with Gasteiger partial charge in [0.2, 0.25) is 23.6 Å². The van der Waals surface area contributed by atoms with Crippen LogP contribution in [0.1, 0.15) is 0 Å². The predicted octanol–water partition coefficient (Wildman–Crippen LogP) is 5.12. The highest BCUT2D eigenvalue weighted by molar-refractivity contribution is 5.63. The Morgan fingerprint density at radius 2 is 0.643 bits per heavy atom. The van der Waals surface area contributed by atoms with Crippen LogP contribution in [-0.4, -0.2) is 20.4 Å². The van der Waals surface area contributed by atoms with Crippen molar-refractivity contribution in [2.24, 2.45) is 0 Å². The third kappa shape index (κ3) is 3.07. The summed E-state index contributed by atoms with van der Waals surface area (Å²) in [6, 6.07) is 26.9. The maximum absolute atomic E-state index is 5.79. The zero-order valence-electron chi connectivity index (χ0n) is 14.7. The van der Waals surface area contributed by atoms with Crippen LogP contribution in [0.15, 0.2) is 93.8 Å². The average Bonchev–Trinajstić information content (AvgIpc) is 3.46. The van der Waals surface area contributed by atoms with Crippen LogP contribution in [0, 0.1) is 0 Å². The summed E-state index contributed by atoms with van der Waals surface area (Å²) in [6.45, 7) is 0. The fourth-order valence-corrected chi connectivity index (χ4v) is 2.83. The van der Waals surface area contributed by atoms with Gasteiger partial charge in [0.1, 0.15) is 0 Å². The molecule has 5 rings (SSSR count). The molecule has 0 aliphatic carbocycles. The minimum absolute atomic E-state index is 0.459. The van der Waals surface area contributed by atoms with Gasteiger partial charge in [0, 0.05) is 22.3 Å². The minimum Gasteiger partial charge on any atom is -0.416 e. The van der Waals surface area contributed by atoms with Crippen LogP contribution < -0.4 is 0 Å². The van der Waals surface area contributed by atoms with Gasteiger partial charge in [0.25, 0.3) is 0 Å². The van der Waals surface area contributed by atoms with Gasteiger partial charge in [-0.25, -0.2) is 0 Å². The van der Waals surface area contributed by atoms with E-state index in [2.05, 4.69) is 20.4 Å². The van der Waals surface area contributed by atoms with Crippen molar-refractivity contribution >= 4 is 0 Å². The first-order valence-corrected chi connectivity index (χ1v) is 8.75. The summed E-state index contributed by atoms with van der Waals surface area (Å²) >= 11 is 0. The highest BCUT2D eigenvalue weighted by Crippen LogP contribution is 2.27. The molecule has 2 heterocycles. The van der Waals surface area contributed by atoms with E-state index in [0.717, 1.165) is 22.3 Å². The van der Waals surface area contributed by atoms with E-state index >= 15 is 0 Å². The quantitative estimate of drug-likeness (QED) is 0.439. The molecule has 0 atom stereocenters. The van der Waals surface area contributed by atoms with Gasteiger partial charge in [-0.1, -0.05) is 36.4 Å². The lowest BCUT2D eigenvalue weighted by molar-refractivity contribution is 0.582. The average molecular weight is 366 g/mol. The molecule has 5 aromatic rings. The normalized spacial score (nSPS) is 10.9. The molecule has 0 amide bonds. The number of hydrogen-bond acceptors (Lipinski definition) is 6. The lowest BCUT2D eigenvalue weighted by Crippen LogP contribution is -1.81. The second-order valence-electron chi connectivity index (χ2n) is 6.13. The fraction of sp³-hybridized carbons (Fsp3) is 0. The summed E-state index contributed by atoms with van der Waals surface area (Å²) in [5.41, 5.74) is 3.41. The molecule has 0 saturated heterocycles. The second kappa shape index (κ2) is 6.92. The number of benzene rings is 3. The van der Waals surface area contributed by atoms with E-state index in [9.17, 15) is 0 Å². The van der Waals surface area contributed by atoms with Crippen molar-refractivity contribution in [3.8, 4) is 45.8 Å². The molecule has 0 radical (unpaired) electrons. The highest BCUT2D eigenvalue weighted by Gasteiger charge is 2.13. The molecule has 0 aliphatic rings. The Labute approximate surface area is 160 Å². The van der Waals surface area contributed by atoms with Crippen molar-refractivity contribution in [3.05, 3.63) is 84.9 Å². The summed E-state index contributed by atoms with van der Waals surface area (Å²) in [4.78, 5) is 0. The first-order valence-electron chi connectivity index (χ1n) is 8.75. The van der Waals surface area contributed by atoms with Crippen molar-refractivity contribution in [1.29, 1.82) is 0 Å². The summed E-state index contributed by atoms with van der Waals surface area (Å²) in [6.07, 6.45) is 0. The molecule has 0 fully saturated rings. The summed E-state index contributed by atoms with van der Waals surface area (Å²) in [5.74, 6) is 1.90. The van der Waals surface area contributed by atoms with Gasteiger partial charge in [-0.15, -0.1) is 20.4 Å². The second-order valence-corrected chi connectivity index (χ2v) is 6.13. The van der Waals surface area contributed by atoms with Gasteiger partial charge in [0.05, 0.1) is 0 Å². The third-order valence-electron chi connectivity index (χ3n) is 4.27. The SMILES string of the molecule is c1ccc(-c2nnc(-c3ccc(-c4nnc(-c5ccccc5)o4)cc3)o2)cc1. The maximum atomic E-state index is 5.79. The fourth-order valence-electron chi connectivity index (χ4n) is 2.83. The molecule has 0 bridgehead atoms. The number of nitrogens with zero attached hydrogens (tertiary/aromatic N) is 4. The van der Waals surface area contributed by atoms with E-state index in [1.165, 1.54) is 0 Å². The molecule has 0 N–H and O–H groups in total. The standard InChI is InChI=1S/C22H14N4O2/c1-3-7-15(8-4-1)19-23-25-21(27-19)17-11-13-18(14-12-17)22-26-24-20(28-22)16-9-5-2-6-10-16/h1-14H. The Bertz CT molecular complexity index is 1100. The van der Waals surface area contributed by atoms with Crippen LogP contribution in [0.4, 0.5) is 0 Å². The molecule has 134 valence electrons. The zero-order chi connectivity index (χ0) is 18.8. The third-order valence-corrected chi connectivity index (χ3v) is 4.27. The molecule has 6 nitrogen and oxygen atoms in total. The largest absolute Gasteiger partial charge is 0.416 e. The first kappa shape index (κ1) is 16.1. The molecule has 0 aliphatic heterocycles. The minimum atomic E-state index is 0.459. The Hall–Kier alpha value is -4.06. The van der Waals surface area contributed by atoms with Crippen molar-refractivity contribution in [2.45, 2.75) is 0 Å². The first-order chi connectivity index (χ1) is 13.9. The van der Waals surface area contributed by atoms with E-state index in [1.807, 2.05) is 84.9 Å². The van der Waals surface area contributed by atoms with Crippen molar-refractivity contribution in [1.82, 2.24) is 20.4 Å². The molecule has 0 unspecified atom stereocenters. The van der Waals surface area contributed by atoms with Gasteiger partial charge in [0.15, 0.2) is 0 Å². The maximum Gasteiger partial charge on any atom is 0.248 e. The van der Waals surface area contributed by atoms with Crippen molar-refractivity contribution < 1.29 is 8.83 Å². The van der Waals surface area contributed by atoms with Crippen LogP contribution in [0.3, 0.4) is 0 Å². The molecular weight excluding hydrogens is 352 g/mol. The topological polar surface area (TPSA) is 77.8 Å². The van der Waals surface area contributed by atoms with E-state index in [0.29, 0.717) is 23.6 Å². The van der Waals surface area contributed by atoms with Crippen LogP contribution in [0.5, 0.6) is 0 Å². The van der Waals surface area contributed by atoms with Gasteiger partial charge < -0.3 is 8.83 Å². The van der Waals surface area contributed by atoms with Crippen LogP contribution >= 0.6 is 0 Å². The molecule has 0 spiro atoms. The van der Waals surface area contributed by atoms with E-state index < -0.39 is 0 Å². The number of hydrogen-bond donors (Lipinski definition) is 0. The number of rotatable bonds is 4. The summed E-state index contributed by atoms with van der Waals surface area (Å²) in [7, 11) is 0. The Morgan fingerprint density at radius 3 is 0.964 bits per heavy atom. The van der Waals surface area contributed by atoms with Gasteiger partial charge in [-0.3, -0.25) is 0 Å².